The van der Waals surface area contributed by atoms with Gasteiger partial charge in [0.2, 0.25) is 11.8 Å². The molecule has 1 atom stereocenters. The number of allylic oxidation sites excluding steroid dienone is 1. The van der Waals surface area contributed by atoms with Gasteiger partial charge in [0.25, 0.3) is 0 Å². The molecule has 0 aliphatic carbocycles. The van der Waals surface area contributed by atoms with Crippen molar-refractivity contribution in [1.29, 1.82) is 5.26 Å². The lowest BCUT2D eigenvalue weighted by Gasteiger charge is -2.24. The molecule has 1 aromatic carbocycles. The third-order valence-corrected chi connectivity index (χ3v) is 4.28. The van der Waals surface area contributed by atoms with E-state index in [1.165, 1.54) is 0 Å². The second kappa shape index (κ2) is 6.66. The van der Waals surface area contributed by atoms with Gasteiger partial charge in [0.05, 0.1) is 22.4 Å². The monoisotopic (exact) mass is 321 g/mol. The van der Waals surface area contributed by atoms with E-state index in [9.17, 15) is 14.9 Å². The van der Waals surface area contributed by atoms with Gasteiger partial charge in [-0.1, -0.05) is 35.5 Å². The number of rotatable bonds is 4. The van der Waals surface area contributed by atoms with E-state index in [4.69, 9.17) is 17.3 Å². The largest absolute Gasteiger partial charge is 0.369 e. The minimum atomic E-state index is -0.507. The van der Waals surface area contributed by atoms with Crippen molar-refractivity contribution >= 4 is 35.2 Å². The van der Waals surface area contributed by atoms with E-state index in [0.717, 1.165) is 17.3 Å². The highest BCUT2D eigenvalue weighted by atomic mass is 35.5. The number of thioether (sulfide) groups is 1. The van der Waals surface area contributed by atoms with Crippen molar-refractivity contribution in [3.8, 4) is 6.07 Å². The van der Waals surface area contributed by atoms with E-state index >= 15 is 0 Å². The number of carbonyl (C=O) groups excluding carboxylic acids is 2. The average Bonchev–Trinajstić information content (AvgIpc) is 2.45. The molecule has 0 saturated carbocycles. The molecule has 3 N–H and O–H groups in total. The average molecular weight is 322 g/mol. The van der Waals surface area contributed by atoms with Crippen LogP contribution >= 0.6 is 23.4 Å². The number of carbonyl (C=O) groups is 2. The molecule has 7 heteroatoms. The number of amides is 2. The molecular formula is C14H12ClN3O2S. The molecule has 2 amide bonds. The van der Waals surface area contributed by atoms with Crippen LogP contribution in [0, 0.1) is 11.3 Å². The highest BCUT2D eigenvalue weighted by molar-refractivity contribution is 8.03. The second-order valence-corrected chi connectivity index (χ2v) is 5.89. The summed E-state index contributed by atoms with van der Waals surface area (Å²) >= 11 is 6.92. The predicted octanol–water partition coefficient (Wildman–Crippen LogP) is 1.90. The molecule has 0 bridgehead atoms. The van der Waals surface area contributed by atoms with Gasteiger partial charge >= 0.3 is 0 Å². The summed E-state index contributed by atoms with van der Waals surface area (Å²) in [6.45, 7) is 0. The van der Waals surface area contributed by atoms with Crippen LogP contribution < -0.4 is 11.1 Å². The van der Waals surface area contributed by atoms with E-state index < -0.39 is 5.91 Å². The Morgan fingerprint density at radius 3 is 2.71 bits per heavy atom. The number of nitrogens with zero attached hydrogens (tertiary/aromatic N) is 1. The minimum Gasteiger partial charge on any atom is -0.369 e. The molecule has 0 spiro atoms. The van der Waals surface area contributed by atoms with E-state index in [1.54, 1.807) is 24.3 Å². The number of benzene rings is 1. The van der Waals surface area contributed by atoms with Gasteiger partial charge in [-0.25, -0.2) is 0 Å². The highest BCUT2D eigenvalue weighted by Crippen LogP contribution is 2.36. The van der Waals surface area contributed by atoms with Crippen molar-refractivity contribution in [1.82, 2.24) is 5.32 Å². The fourth-order valence-corrected chi connectivity index (χ4v) is 3.00. The van der Waals surface area contributed by atoms with Gasteiger partial charge in [-0.05, 0) is 17.7 Å². The maximum atomic E-state index is 11.8. The summed E-state index contributed by atoms with van der Waals surface area (Å²) in [6, 6.07) is 9.14. The van der Waals surface area contributed by atoms with Crippen LogP contribution in [0.5, 0.6) is 0 Å². The predicted molar refractivity (Wildman–Crippen MR) is 81.2 cm³/mol. The maximum Gasteiger partial charge on any atom is 0.227 e. The smallest absolute Gasteiger partial charge is 0.227 e. The van der Waals surface area contributed by atoms with E-state index in [2.05, 4.69) is 11.4 Å². The zero-order valence-corrected chi connectivity index (χ0v) is 12.5. The van der Waals surface area contributed by atoms with E-state index in [1.807, 2.05) is 0 Å². The van der Waals surface area contributed by atoms with Crippen LogP contribution in [0.3, 0.4) is 0 Å². The van der Waals surface area contributed by atoms with Crippen LogP contribution in [0.4, 0.5) is 0 Å². The SMILES string of the molecule is N#CC1=C(SCC(N)=O)NC(=O)CC1c1ccc(Cl)cc1. The summed E-state index contributed by atoms with van der Waals surface area (Å²) in [5, 5.41) is 13.0. The van der Waals surface area contributed by atoms with Gasteiger partial charge in [0.15, 0.2) is 0 Å². The first-order chi connectivity index (χ1) is 10.0. The number of nitrogens with two attached hydrogens (primary N) is 1. The van der Waals surface area contributed by atoms with Crippen LogP contribution in [0.25, 0.3) is 0 Å². The number of hydrogen-bond acceptors (Lipinski definition) is 4. The number of nitrogens with one attached hydrogen (secondary N) is 1. The van der Waals surface area contributed by atoms with Crippen molar-refractivity contribution in [2.24, 2.45) is 5.73 Å². The van der Waals surface area contributed by atoms with Crippen LogP contribution in [-0.2, 0) is 9.59 Å². The Morgan fingerprint density at radius 1 is 1.48 bits per heavy atom. The summed E-state index contributed by atoms with van der Waals surface area (Å²) in [5.74, 6) is -1.03. The topological polar surface area (TPSA) is 96.0 Å². The molecular weight excluding hydrogens is 310 g/mol. The molecule has 1 aromatic rings. The molecule has 0 saturated heterocycles. The Balaban J connectivity index is 2.36. The van der Waals surface area contributed by atoms with E-state index in [-0.39, 0.29) is 24.0 Å². The molecule has 0 radical (unpaired) electrons. The van der Waals surface area contributed by atoms with E-state index in [0.29, 0.717) is 15.6 Å². The number of hydrogen-bond donors (Lipinski definition) is 2. The normalized spacial score (nSPS) is 18.1. The third-order valence-electron chi connectivity index (χ3n) is 2.99. The van der Waals surface area contributed by atoms with Crippen molar-refractivity contribution in [3.05, 3.63) is 45.5 Å². The molecule has 1 unspecified atom stereocenters. The molecule has 108 valence electrons. The fourth-order valence-electron chi connectivity index (χ4n) is 2.06. The van der Waals surface area contributed by atoms with Gasteiger partial charge in [-0.15, -0.1) is 0 Å². The standard InChI is InChI=1S/C14H12ClN3O2S/c15-9-3-1-8(2-4-9)10-5-13(20)18-14(11(10)6-16)21-7-12(17)19/h1-4,10H,5,7H2,(H2,17,19)(H,18,20). The Morgan fingerprint density at radius 2 is 2.14 bits per heavy atom. The Kier molecular flexibility index (Phi) is 4.89. The van der Waals surface area contributed by atoms with Crippen LogP contribution in [-0.4, -0.2) is 17.6 Å². The van der Waals surface area contributed by atoms with Gasteiger partial charge in [0, 0.05) is 17.4 Å². The zero-order valence-electron chi connectivity index (χ0n) is 10.9. The first-order valence-electron chi connectivity index (χ1n) is 6.12. The molecule has 0 aromatic heterocycles. The molecule has 5 nitrogen and oxygen atoms in total. The van der Waals surface area contributed by atoms with Crippen molar-refractivity contribution in [3.63, 3.8) is 0 Å². The third kappa shape index (κ3) is 3.78. The molecule has 1 aliphatic rings. The van der Waals surface area contributed by atoms with Gasteiger partial charge in [-0.3, -0.25) is 9.59 Å². The number of halogens is 1. The molecule has 0 fully saturated rings. The van der Waals surface area contributed by atoms with Gasteiger partial charge in [0.1, 0.15) is 0 Å². The quantitative estimate of drug-likeness (QED) is 0.885. The molecule has 1 heterocycles. The first-order valence-corrected chi connectivity index (χ1v) is 7.48. The zero-order chi connectivity index (χ0) is 15.4. The van der Waals surface area contributed by atoms with Gasteiger partial charge in [-0.2, -0.15) is 5.26 Å². The minimum absolute atomic E-state index is 0.00807. The highest BCUT2D eigenvalue weighted by Gasteiger charge is 2.29. The van der Waals surface area contributed by atoms with Crippen molar-refractivity contribution in [2.45, 2.75) is 12.3 Å². The number of primary amides is 1. The summed E-state index contributed by atoms with van der Waals surface area (Å²) in [6.07, 6.45) is 0.186. The summed E-state index contributed by atoms with van der Waals surface area (Å²) < 4.78 is 0. The lowest BCUT2D eigenvalue weighted by Crippen LogP contribution is -2.31. The van der Waals surface area contributed by atoms with Crippen molar-refractivity contribution in [2.75, 3.05) is 5.75 Å². The molecule has 21 heavy (non-hydrogen) atoms. The maximum absolute atomic E-state index is 11.8. The first kappa shape index (κ1) is 15.4. The van der Waals surface area contributed by atoms with Crippen molar-refractivity contribution < 1.29 is 9.59 Å². The lowest BCUT2D eigenvalue weighted by atomic mass is 9.87. The number of nitriles is 1. The Bertz CT molecular complexity index is 649. The van der Waals surface area contributed by atoms with Crippen LogP contribution in [0.1, 0.15) is 17.9 Å². The van der Waals surface area contributed by atoms with Crippen LogP contribution in [0.2, 0.25) is 5.02 Å². The summed E-state index contributed by atoms with van der Waals surface area (Å²) in [5.41, 5.74) is 6.37. The van der Waals surface area contributed by atoms with Gasteiger partial charge < -0.3 is 11.1 Å². The summed E-state index contributed by atoms with van der Waals surface area (Å²) in [7, 11) is 0. The lowest BCUT2D eigenvalue weighted by molar-refractivity contribution is -0.121. The molecule has 1 aliphatic heterocycles. The second-order valence-electron chi connectivity index (χ2n) is 4.47. The summed E-state index contributed by atoms with van der Waals surface area (Å²) in [4.78, 5) is 22.7. The molecule has 2 rings (SSSR count). The fraction of sp³-hybridized carbons (Fsp3) is 0.214. The Hall–Kier alpha value is -1.97. The van der Waals surface area contributed by atoms with Crippen LogP contribution in [0.15, 0.2) is 34.9 Å². The Labute approximate surface area is 131 Å².